The van der Waals surface area contributed by atoms with Crippen molar-refractivity contribution in [2.24, 2.45) is 5.73 Å². The second kappa shape index (κ2) is 4.91. The molecule has 0 aromatic carbocycles. The minimum Gasteiger partial charge on any atom is -0.343 e. The highest BCUT2D eigenvalue weighted by atomic mass is 32.2. The van der Waals surface area contributed by atoms with Crippen molar-refractivity contribution in [3.63, 3.8) is 0 Å². The molecule has 0 amide bonds. The first-order valence-corrected chi connectivity index (χ1v) is 7.93. The highest BCUT2D eigenvalue weighted by molar-refractivity contribution is 8.26. The Morgan fingerprint density at radius 2 is 2.08 bits per heavy atom. The van der Waals surface area contributed by atoms with Gasteiger partial charge in [0.25, 0.3) is 0 Å². The van der Waals surface area contributed by atoms with E-state index in [0.29, 0.717) is 19.1 Å². The lowest BCUT2D eigenvalue weighted by Crippen LogP contribution is -2.05. The van der Waals surface area contributed by atoms with Crippen LogP contribution in [0.5, 0.6) is 0 Å². The number of nitrogens with two attached hydrogens (primary N) is 1. The van der Waals surface area contributed by atoms with Crippen molar-refractivity contribution in [1.29, 1.82) is 0 Å². The number of hydrogen-bond acceptors (Lipinski definition) is 4. The molecule has 0 aliphatic carbocycles. The lowest BCUT2D eigenvalue weighted by atomic mass is 10.5. The first-order valence-electron chi connectivity index (χ1n) is 3.91. The molecule has 1 aliphatic heterocycles. The van der Waals surface area contributed by atoms with Crippen LogP contribution < -0.4 is 5.73 Å². The zero-order chi connectivity index (χ0) is 9.03. The molecule has 1 saturated heterocycles. The maximum atomic E-state index is 11.6. The standard InChI is InChI=1S/C6H14NO2PS2/c7-2-1-3-10(8,9)6-11-4-5-12-6/h6H,1-5,7H2,(H,8,9). The van der Waals surface area contributed by atoms with E-state index in [2.05, 4.69) is 0 Å². The van der Waals surface area contributed by atoms with Gasteiger partial charge < -0.3 is 10.6 Å². The van der Waals surface area contributed by atoms with Gasteiger partial charge in [-0.25, -0.2) is 0 Å². The minimum absolute atomic E-state index is 0.0796. The third-order valence-electron chi connectivity index (χ3n) is 1.62. The molecule has 1 rings (SSSR count). The molecule has 3 N–H and O–H groups in total. The van der Waals surface area contributed by atoms with Gasteiger partial charge in [0.05, 0.1) is 0 Å². The Morgan fingerprint density at radius 1 is 1.50 bits per heavy atom. The molecule has 3 nitrogen and oxygen atoms in total. The Labute approximate surface area is 81.3 Å². The molecular formula is C6H14NO2PS2. The summed E-state index contributed by atoms with van der Waals surface area (Å²) in [4.78, 5) is 9.60. The first-order chi connectivity index (χ1) is 5.67. The van der Waals surface area contributed by atoms with Crippen LogP contribution in [0.15, 0.2) is 0 Å². The zero-order valence-electron chi connectivity index (χ0n) is 6.81. The van der Waals surface area contributed by atoms with Crippen molar-refractivity contribution in [2.45, 2.75) is 10.7 Å². The largest absolute Gasteiger partial charge is 0.343 e. The Bertz CT molecular complexity index is 184. The SMILES string of the molecule is NCCCP(=O)(O)C1SCCS1. The summed E-state index contributed by atoms with van der Waals surface area (Å²) in [6.45, 7) is 0.507. The summed E-state index contributed by atoms with van der Waals surface area (Å²) in [5, 5.41) is 0. The van der Waals surface area contributed by atoms with Crippen molar-refractivity contribution in [1.82, 2.24) is 0 Å². The fraction of sp³-hybridized carbons (Fsp3) is 1.00. The molecule has 1 aliphatic rings. The molecule has 0 radical (unpaired) electrons. The van der Waals surface area contributed by atoms with Gasteiger partial charge in [0.2, 0.25) is 7.37 Å². The van der Waals surface area contributed by atoms with Gasteiger partial charge in [-0.05, 0) is 13.0 Å². The number of hydrogen-bond donors (Lipinski definition) is 2. The van der Waals surface area contributed by atoms with Gasteiger partial charge >= 0.3 is 0 Å². The van der Waals surface area contributed by atoms with Gasteiger partial charge in [0, 0.05) is 17.7 Å². The van der Waals surface area contributed by atoms with Gasteiger partial charge in [0.1, 0.15) is 4.32 Å². The van der Waals surface area contributed by atoms with Crippen LogP contribution >= 0.6 is 30.9 Å². The normalized spacial score (nSPS) is 24.2. The molecule has 0 aromatic rings. The summed E-state index contributed by atoms with van der Waals surface area (Å²) >= 11 is 3.22. The van der Waals surface area contributed by atoms with E-state index in [1.54, 1.807) is 23.5 Å². The summed E-state index contributed by atoms with van der Waals surface area (Å²) < 4.78 is 11.6. The molecule has 1 fully saturated rings. The van der Waals surface area contributed by atoms with E-state index in [-0.39, 0.29) is 4.32 Å². The fourth-order valence-electron chi connectivity index (χ4n) is 1.00. The zero-order valence-corrected chi connectivity index (χ0v) is 9.34. The lowest BCUT2D eigenvalue weighted by Gasteiger charge is -2.16. The molecule has 1 heterocycles. The Hall–Kier alpha value is 0.850. The average molecular weight is 227 g/mol. The Kier molecular flexibility index (Phi) is 4.47. The molecule has 0 bridgehead atoms. The monoisotopic (exact) mass is 227 g/mol. The van der Waals surface area contributed by atoms with Crippen molar-refractivity contribution < 1.29 is 9.46 Å². The molecule has 0 saturated carbocycles. The van der Waals surface area contributed by atoms with Gasteiger partial charge in [-0.15, -0.1) is 23.5 Å². The van der Waals surface area contributed by atoms with Gasteiger partial charge in [-0.1, -0.05) is 0 Å². The second-order valence-electron chi connectivity index (χ2n) is 2.67. The van der Waals surface area contributed by atoms with Crippen molar-refractivity contribution >= 4 is 30.9 Å². The van der Waals surface area contributed by atoms with E-state index < -0.39 is 7.37 Å². The quantitative estimate of drug-likeness (QED) is 0.710. The average Bonchev–Trinajstić information content (AvgIpc) is 2.53. The highest BCUT2D eigenvalue weighted by Gasteiger charge is 2.33. The molecule has 0 spiro atoms. The third-order valence-corrected chi connectivity index (χ3v) is 8.63. The molecule has 12 heavy (non-hydrogen) atoms. The lowest BCUT2D eigenvalue weighted by molar-refractivity contribution is 0.480. The van der Waals surface area contributed by atoms with Crippen molar-refractivity contribution in [3.8, 4) is 0 Å². The number of thioether (sulfide) groups is 2. The van der Waals surface area contributed by atoms with Gasteiger partial charge in [-0.2, -0.15) is 0 Å². The van der Waals surface area contributed by atoms with E-state index in [0.717, 1.165) is 11.5 Å². The smallest absolute Gasteiger partial charge is 0.222 e. The van der Waals surface area contributed by atoms with Crippen LogP contribution in [0.4, 0.5) is 0 Å². The highest BCUT2D eigenvalue weighted by Crippen LogP contribution is 2.59. The third kappa shape index (κ3) is 2.96. The summed E-state index contributed by atoms with van der Waals surface area (Å²) in [5.74, 6) is 2.00. The van der Waals surface area contributed by atoms with Crippen LogP contribution in [0.25, 0.3) is 0 Å². The van der Waals surface area contributed by atoms with E-state index in [1.807, 2.05) is 0 Å². The summed E-state index contributed by atoms with van der Waals surface area (Å²) in [7, 11) is -2.91. The summed E-state index contributed by atoms with van der Waals surface area (Å²) in [5.41, 5.74) is 5.29. The Balaban J connectivity index is 2.40. The van der Waals surface area contributed by atoms with Crippen LogP contribution in [-0.4, -0.2) is 33.4 Å². The molecule has 1 unspecified atom stereocenters. The molecule has 0 aromatic heterocycles. The predicted octanol–water partition coefficient (Wildman–Crippen LogP) is 1.37. The molecular weight excluding hydrogens is 213 g/mol. The van der Waals surface area contributed by atoms with Crippen molar-refractivity contribution in [3.05, 3.63) is 0 Å². The van der Waals surface area contributed by atoms with E-state index in [4.69, 9.17) is 5.73 Å². The van der Waals surface area contributed by atoms with Crippen LogP contribution in [0.3, 0.4) is 0 Å². The molecule has 72 valence electrons. The van der Waals surface area contributed by atoms with Crippen LogP contribution in [0, 0.1) is 0 Å². The predicted molar refractivity (Wildman–Crippen MR) is 57.1 cm³/mol. The summed E-state index contributed by atoms with van der Waals surface area (Å²) in [6, 6.07) is 0. The van der Waals surface area contributed by atoms with E-state index in [1.165, 1.54) is 0 Å². The fourth-order valence-corrected chi connectivity index (χ4v) is 7.11. The van der Waals surface area contributed by atoms with Gasteiger partial charge in [-0.3, -0.25) is 4.57 Å². The van der Waals surface area contributed by atoms with E-state index >= 15 is 0 Å². The maximum absolute atomic E-state index is 11.6. The first kappa shape index (κ1) is 10.9. The maximum Gasteiger partial charge on any atom is 0.222 e. The Morgan fingerprint density at radius 3 is 2.58 bits per heavy atom. The minimum atomic E-state index is -2.91. The van der Waals surface area contributed by atoms with E-state index in [9.17, 15) is 9.46 Å². The number of rotatable bonds is 4. The van der Waals surface area contributed by atoms with Crippen molar-refractivity contribution in [2.75, 3.05) is 24.2 Å². The molecule has 6 heteroatoms. The second-order valence-corrected chi connectivity index (χ2v) is 8.57. The van der Waals surface area contributed by atoms with Crippen LogP contribution in [0.2, 0.25) is 0 Å². The van der Waals surface area contributed by atoms with Crippen LogP contribution in [-0.2, 0) is 4.57 Å². The topological polar surface area (TPSA) is 63.3 Å². The molecule has 1 atom stereocenters. The van der Waals surface area contributed by atoms with Gasteiger partial charge in [0.15, 0.2) is 0 Å². The van der Waals surface area contributed by atoms with Crippen LogP contribution in [0.1, 0.15) is 6.42 Å². The summed E-state index contributed by atoms with van der Waals surface area (Å²) in [6.07, 6.45) is 1.04.